The summed E-state index contributed by atoms with van der Waals surface area (Å²) in [6.07, 6.45) is 1.87. The minimum absolute atomic E-state index is 0.208. The number of aromatic hydroxyl groups is 1. The molecule has 0 atom stereocenters. The highest BCUT2D eigenvalue weighted by molar-refractivity contribution is 6.05. The van der Waals surface area contributed by atoms with Gasteiger partial charge < -0.3 is 14.8 Å². The van der Waals surface area contributed by atoms with Crippen molar-refractivity contribution in [3.8, 4) is 5.75 Å². The second kappa shape index (κ2) is 10.4. The van der Waals surface area contributed by atoms with Gasteiger partial charge in [0.1, 0.15) is 5.58 Å². The van der Waals surface area contributed by atoms with E-state index < -0.39 is 10.7 Å². The van der Waals surface area contributed by atoms with Crippen LogP contribution in [0.2, 0.25) is 0 Å². The van der Waals surface area contributed by atoms with E-state index in [4.69, 9.17) is 4.42 Å². The molecule has 0 radical (unpaired) electrons. The van der Waals surface area contributed by atoms with Crippen LogP contribution < -0.4 is 5.32 Å². The maximum atomic E-state index is 12.7. The fourth-order valence-electron chi connectivity index (χ4n) is 4.16. The van der Waals surface area contributed by atoms with E-state index in [2.05, 4.69) is 10.3 Å². The highest BCUT2D eigenvalue weighted by Crippen LogP contribution is 2.32. The van der Waals surface area contributed by atoms with Crippen molar-refractivity contribution in [1.29, 1.82) is 0 Å². The van der Waals surface area contributed by atoms with Crippen LogP contribution in [-0.2, 0) is 6.42 Å². The Balaban J connectivity index is 1.36. The average molecular weight is 506 g/mol. The average Bonchev–Trinajstić information content (AvgIpc) is 3.35. The van der Waals surface area contributed by atoms with Crippen molar-refractivity contribution in [1.82, 2.24) is 0 Å². The molecule has 38 heavy (non-hydrogen) atoms. The van der Waals surface area contributed by atoms with Gasteiger partial charge in [-0.3, -0.25) is 19.9 Å². The first-order valence-corrected chi connectivity index (χ1v) is 11.9. The number of carbonyl (C=O) groups is 1. The Morgan fingerprint density at radius 1 is 1.00 bits per heavy atom. The Morgan fingerprint density at radius 3 is 2.50 bits per heavy atom. The molecule has 2 N–H and O–H groups in total. The summed E-state index contributed by atoms with van der Waals surface area (Å²) >= 11 is 0. The lowest BCUT2D eigenvalue weighted by atomic mass is 10.0. The van der Waals surface area contributed by atoms with Crippen LogP contribution in [0.5, 0.6) is 5.75 Å². The maximum absolute atomic E-state index is 12.7. The Bertz CT molecular complexity index is 1660. The van der Waals surface area contributed by atoms with Crippen LogP contribution in [0.15, 0.2) is 100 Å². The van der Waals surface area contributed by atoms with Crippen molar-refractivity contribution in [2.45, 2.75) is 13.3 Å². The van der Waals surface area contributed by atoms with Crippen molar-refractivity contribution < 1.29 is 19.2 Å². The molecule has 0 spiro atoms. The summed E-state index contributed by atoms with van der Waals surface area (Å²) in [5.74, 6) is -0.602. The van der Waals surface area contributed by atoms with E-state index in [1.807, 2.05) is 55.5 Å². The molecule has 1 aromatic heterocycles. The van der Waals surface area contributed by atoms with Gasteiger partial charge in [-0.05, 0) is 66.4 Å². The van der Waals surface area contributed by atoms with Gasteiger partial charge in [-0.15, -0.1) is 0 Å². The molecule has 4 aromatic carbocycles. The Labute approximate surface area is 218 Å². The molecule has 0 saturated heterocycles. The van der Waals surface area contributed by atoms with Gasteiger partial charge >= 0.3 is 5.69 Å². The van der Waals surface area contributed by atoms with Crippen LogP contribution in [0.1, 0.15) is 32.8 Å². The number of phenols is 1. The molecule has 0 saturated carbocycles. The first-order chi connectivity index (χ1) is 18.4. The largest absolute Gasteiger partial charge is 0.502 e. The number of furan rings is 1. The lowest BCUT2D eigenvalue weighted by Crippen LogP contribution is -2.11. The summed E-state index contributed by atoms with van der Waals surface area (Å²) in [7, 11) is 0. The van der Waals surface area contributed by atoms with Crippen LogP contribution >= 0.6 is 0 Å². The van der Waals surface area contributed by atoms with Crippen molar-refractivity contribution in [3.05, 3.63) is 129 Å². The quantitative estimate of drug-likeness (QED) is 0.141. The van der Waals surface area contributed by atoms with Gasteiger partial charge in [-0.1, -0.05) is 48.5 Å². The first kappa shape index (κ1) is 24.5. The molecule has 1 heterocycles. The smallest absolute Gasteiger partial charge is 0.311 e. The molecule has 0 bridgehead atoms. The van der Waals surface area contributed by atoms with Crippen LogP contribution in [0.3, 0.4) is 0 Å². The predicted molar refractivity (Wildman–Crippen MR) is 147 cm³/mol. The Morgan fingerprint density at radius 2 is 1.76 bits per heavy atom. The van der Waals surface area contributed by atoms with Crippen molar-refractivity contribution in [3.63, 3.8) is 0 Å². The van der Waals surface area contributed by atoms with Crippen LogP contribution in [0.25, 0.3) is 11.0 Å². The lowest BCUT2D eigenvalue weighted by molar-refractivity contribution is -0.385. The van der Waals surface area contributed by atoms with E-state index in [1.54, 1.807) is 36.4 Å². The van der Waals surface area contributed by atoms with Gasteiger partial charge in [0.05, 0.1) is 10.6 Å². The molecule has 0 aliphatic rings. The van der Waals surface area contributed by atoms with Crippen molar-refractivity contribution in [2.24, 2.45) is 4.99 Å². The number of anilines is 1. The molecule has 5 aromatic rings. The minimum atomic E-state index is -0.606. The standard InChI is InChI=1S/C30H23N3O5/c1-19-13-24(11-12-25(19)32-30(35)28-17-22-9-5-6-10-27(22)38-28)31-18-23-15-21(14-20-7-3-2-4-8-20)16-26(29(23)34)33(36)37/h2-13,15-18,34H,14H2,1H3,(H,32,35). The number of hydrogen-bond donors (Lipinski definition) is 2. The van der Waals surface area contributed by atoms with Gasteiger partial charge in [0.2, 0.25) is 5.75 Å². The van der Waals surface area contributed by atoms with Crippen LogP contribution in [0.4, 0.5) is 17.1 Å². The molecule has 0 unspecified atom stereocenters. The molecule has 1 amide bonds. The number of nitrogens with one attached hydrogen (secondary N) is 1. The first-order valence-electron chi connectivity index (χ1n) is 11.9. The van der Waals surface area contributed by atoms with Crippen molar-refractivity contribution >= 4 is 40.2 Å². The monoisotopic (exact) mass is 505 g/mol. The fraction of sp³-hybridized carbons (Fsp3) is 0.0667. The number of benzene rings is 4. The zero-order chi connectivity index (χ0) is 26.6. The molecule has 0 aliphatic heterocycles. The number of nitro groups is 1. The summed E-state index contributed by atoms with van der Waals surface area (Å²) in [6, 6.07) is 26.9. The number of nitro benzene ring substituents is 1. The predicted octanol–water partition coefficient (Wildman–Crippen LogP) is 6.95. The zero-order valence-corrected chi connectivity index (χ0v) is 20.4. The van der Waals surface area contributed by atoms with Gasteiger partial charge in [0, 0.05) is 28.9 Å². The molecule has 188 valence electrons. The van der Waals surface area contributed by atoms with Gasteiger partial charge in [0.15, 0.2) is 5.76 Å². The number of aliphatic imine (C=N–C) groups is 1. The normalized spacial score (nSPS) is 11.2. The maximum Gasteiger partial charge on any atom is 0.311 e. The molecule has 0 aliphatic carbocycles. The van der Waals surface area contributed by atoms with Gasteiger partial charge in [-0.2, -0.15) is 0 Å². The summed E-state index contributed by atoms with van der Waals surface area (Å²) in [6.45, 7) is 1.83. The van der Waals surface area contributed by atoms with E-state index in [0.29, 0.717) is 28.9 Å². The number of aryl methyl sites for hydroxylation is 1. The van der Waals surface area contributed by atoms with Crippen molar-refractivity contribution in [2.75, 3.05) is 5.32 Å². The second-order valence-electron chi connectivity index (χ2n) is 8.83. The van der Waals surface area contributed by atoms with E-state index in [0.717, 1.165) is 16.5 Å². The number of carbonyl (C=O) groups excluding carboxylic acids is 1. The lowest BCUT2D eigenvalue weighted by Gasteiger charge is -2.08. The summed E-state index contributed by atoms with van der Waals surface area (Å²) in [5.41, 5.74) is 4.09. The third-order valence-electron chi connectivity index (χ3n) is 6.09. The zero-order valence-electron chi connectivity index (χ0n) is 20.4. The highest BCUT2D eigenvalue weighted by Gasteiger charge is 2.19. The number of hydrogen-bond acceptors (Lipinski definition) is 6. The van der Waals surface area contributed by atoms with Gasteiger partial charge in [0.25, 0.3) is 5.91 Å². The number of fused-ring (bicyclic) bond motifs is 1. The number of rotatable bonds is 7. The highest BCUT2D eigenvalue weighted by atomic mass is 16.6. The summed E-state index contributed by atoms with van der Waals surface area (Å²) in [4.78, 5) is 28.0. The summed E-state index contributed by atoms with van der Waals surface area (Å²) < 4.78 is 5.63. The topological polar surface area (TPSA) is 118 Å². The van der Waals surface area contributed by atoms with E-state index in [1.165, 1.54) is 12.3 Å². The van der Waals surface area contributed by atoms with Crippen LogP contribution in [0, 0.1) is 17.0 Å². The molecule has 8 heteroatoms. The summed E-state index contributed by atoms with van der Waals surface area (Å²) in [5, 5.41) is 25.7. The molecule has 8 nitrogen and oxygen atoms in total. The SMILES string of the molecule is Cc1cc(N=Cc2cc(Cc3ccccc3)cc([N+](=O)[O-])c2O)ccc1NC(=O)c1cc2ccccc2o1. The molecule has 5 rings (SSSR count). The number of para-hydroxylation sites is 1. The van der Waals surface area contributed by atoms with Gasteiger partial charge in [-0.25, -0.2) is 0 Å². The third-order valence-corrected chi connectivity index (χ3v) is 6.09. The fourth-order valence-corrected chi connectivity index (χ4v) is 4.16. The Hall–Kier alpha value is -5.24. The number of phenolic OH excluding ortho intramolecular Hbond substituents is 1. The molecular weight excluding hydrogens is 482 g/mol. The number of amides is 1. The minimum Gasteiger partial charge on any atom is -0.502 e. The van der Waals surface area contributed by atoms with E-state index in [9.17, 15) is 20.0 Å². The van der Waals surface area contributed by atoms with E-state index in [-0.39, 0.29) is 22.9 Å². The van der Waals surface area contributed by atoms with Crippen LogP contribution in [-0.4, -0.2) is 22.2 Å². The second-order valence-corrected chi connectivity index (χ2v) is 8.83. The molecule has 0 fully saturated rings. The Kier molecular flexibility index (Phi) is 6.69. The number of nitrogens with zero attached hydrogens (tertiary/aromatic N) is 2. The molecular formula is C30H23N3O5. The third kappa shape index (κ3) is 5.29. The van der Waals surface area contributed by atoms with E-state index >= 15 is 0 Å².